The summed E-state index contributed by atoms with van der Waals surface area (Å²) in [6.07, 6.45) is 2.51. The zero-order valence-corrected chi connectivity index (χ0v) is 18.4. The van der Waals surface area contributed by atoms with Crippen LogP contribution in [0.2, 0.25) is 0 Å². The number of thiazole rings is 2. The Kier molecular flexibility index (Phi) is 7.31. The summed E-state index contributed by atoms with van der Waals surface area (Å²) in [4.78, 5) is 34.9. The highest BCUT2D eigenvalue weighted by molar-refractivity contribution is 7.14. The average molecular weight is 443 g/mol. The Hall–Kier alpha value is -3.04. The van der Waals surface area contributed by atoms with Crippen molar-refractivity contribution in [2.75, 3.05) is 16.8 Å². The first-order chi connectivity index (χ1) is 14.5. The zero-order valence-electron chi connectivity index (χ0n) is 16.8. The Morgan fingerprint density at radius 2 is 2.03 bits per heavy atom. The fourth-order valence-electron chi connectivity index (χ4n) is 2.72. The van der Waals surface area contributed by atoms with E-state index in [1.165, 1.54) is 29.6 Å². The van der Waals surface area contributed by atoms with E-state index in [0.29, 0.717) is 22.5 Å². The summed E-state index contributed by atoms with van der Waals surface area (Å²) < 4.78 is 5.33. The lowest BCUT2D eigenvalue weighted by Gasteiger charge is -2.20. The van der Waals surface area contributed by atoms with Crippen molar-refractivity contribution in [1.82, 2.24) is 9.97 Å². The number of hydrogen-bond donors (Lipinski definition) is 1. The predicted molar refractivity (Wildman–Crippen MR) is 121 cm³/mol. The molecule has 1 aromatic carbocycles. The van der Waals surface area contributed by atoms with Gasteiger partial charge in [0, 0.05) is 24.2 Å². The molecule has 9 heteroatoms. The lowest BCUT2D eigenvalue weighted by Crippen LogP contribution is -2.23. The SMILES string of the molecule is C=CCNc1nc(C(=O)OCc2csc(N(C(C)=O)c3ccccc3CC)n2)cs1. The quantitative estimate of drug-likeness (QED) is 0.378. The number of anilines is 3. The third kappa shape index (κ3) is 5.11. The van der Waals surface area contributed by atoms with Gasteiger partial charge in [-0.3, -0.25) is 9.69 Å². The summed E-state index contributed by atoms with van der Waals surface area (Å²) in [7, 11) is 0. The fourth-order valence-corrected chi connectivity index (χ4v) is 4.28. The molecule has 0 atom stereocenters. The van der Waals surface area contributed by atoms with Crippen molar-refractivity contribution in [2.45, 2.75) is 26.9 Å². The van der Waals surface area contributed by atoms with E-state index in [-0.39, 0.29) is 18.2 Å². The molecule has 3 rings (SSSR count). The molecular formula is C21H22N4O3S2. The number of hydrogen-bond acceptors (Lipinski definition) is 8. The van der Waals surface area contributed by atoms with Crippen LogP contribution in [0, 0.1) is 0 Å². The Morgan fingerprint density at radius 3 is 2.77 bits per heavy atom. The first-order valence-corrected chi connectivity index (χ1v) is 11.1. The molecular weight excluding hydrogens is 420 g/mol. The molecule has 0 saturated carbocycles. The summed E-state index contributed by atoms with van der Waals surface area (Å²) in [6.45, 7) is 7.75. The van der Waals surface area contributed by atoms with Crippen LogP contribution in [0.4, 0.5) is 16.0 Å². The summed E-state index contributed by atoms with van der Waals surface area (Å²) >= 11 is 2.65. The van der Waals surface area contributed by atoms with Crippen LogP contribution in [0.5, 0.6) is 0 Å². The number of esters is 1. The van der Waals surface area contributed by atoms with Crippen LogP contribution in [0.1, 0.15) is 35.6 Å². The van der Waals surface area contributed by atoms with Gasteiger partial charge in [0.1, 0.15) is 6.61 Å². The van der Waals surface area contributed by atoms with Crippen molar-refractivity contribution < 1.29 is 14.3 Å². The number of amides is 1. The highest BCUT2D eigenvalue weighted by Gasteiger charge is 2.21. The topological polar surface area (TPSA) is 84.4 Å². The average Bonchev–Trinajstić information content (AvgIpc) is 3.41. The smallest absolute Gasteiger partial charge is 0.358 e. The van der Waals surface area contributed by atoms with E-state index in [2.05, 4.69) is 21.9 Å². The van der Waals surface area contributed by atoms with Gasteiger partial charge in [-0.05, 0) is 18.1 Å². The zero-order chi connectivity index (χ0) is 21.5. The molecule has 0 saturated heterocycles. The lowest BCUT2D eigenvalue weighted by atomic mass is 10.1. The first-order valence-electron chi connectivity index (χ1n) is 9.33. The Labute approximate surface area is 183 Å². The molecule has 0 unspecified atom stereocenters. The normalized spacial score (nSPS) is 10.5. The van der Waals surface area contributed by atoms with E-state index in [0.717, 1.165) is 17.7 Å². The number of aromatic nitrogens is 2. The largest absolute Gasteiger partial charge is 0.454 e. The molecule has 3 aromatic rings. The Balaban J connectivity index is 1.69. The Bertz CT molecular complexity index is 1040. The number of aryl methyl sites for hydroxylation is 1. The first kappa shape index (κ1) is 21.7. The van der Waals surface area contributed by atoms with Crippen LogP contribution < -0.4 is 10.2 Å². The van der Waals surface area contributed by atoms with Crippen LogP contribution in [0.3, 0.4) is 0 Å². The summed E-state index contributed by atoms with van der Waals surface area (Å²) in [5.74, 6) is -0.650. The number of carbonyl (C=O) groups excluding carboxylic acids is 2. The van der Waals surface area contributed by atoms with Gasteiger partial charge in [-0.25, -0.2) is 14.8 Å². The number of rotatable bonds is 9. The van der Waals surface area contributed by atoms with Crippen molar-refractivity contribution in [3.8, 4) is 0 Å². The van der Waals surface area contributed by atoms with Crippen molar-refractivity contribution in [3.63, 3.8) is 0 Å². The van der Waals surface area contributed by atoms with E-state index in [4.69, 9.17) is 4.74 Å². The van der Waals surface area contributed by atoms with Gasteiger partial charge in [0.15, 0.2) is 16.0 Å². The summed E-state index contributed by atoms with van der Waals surface area (Å²) in [5, 5.41) is 7.62. The highest BCUT2D eigenvalue weighted by Crippen LogP contribution is 2.32. The minimum absolute atomic E-state index is 0.00342. The van der Waals surface area contributed by atoms with Crippen molar-refractivity contribution in [1.29, 1.82) is 0 Å². The number of carbonyl (C=O) groups is 2. The molecule has 0 radical (unpaired) electrons. The maximum atomic E-state index is 12.3. The second-order valence-corrected chi connectivity index (χ2v) is 7.94. The highest BCUT2D eigenvalue weighted by atomic mass is 32.1. The summed E-state index contributed by atoms with van der Waals surface area (Å²) in [6, 6.07) is 7.74. The minimum Gasteiger partial charge on any atom is -0.454 e. The third-order valence-corrected chi connectivity index (χ3v) is 5.80. The van der Waals surface area contributed by atoms with Crippen LogP contribution in [0.25, 0.3) is 0 Å². The van der Waals surface area contributed by atoms with Gasteiger partial charge in [-0.1, -0.05) is 31.2 Å². The maximum Gasteiger partial charge on any atom is 0.358 e. The van der Waals surface area contributed by atoms with E-state index in [1.54, 1.807) is 21.7 Å². The van der Waals surface area contributed by atoms with Gasteiger partial charge in [0.2, 0.25) is 5.91 Å². The van der Waals surface area contributed by atoms with Gasteiger partial charge in [-0.2, -0.15) is 0 Å². The number of nitrogens with zero attached hydrogens (tertiary/aromatic N) is 3. The predicted octanol–water partition coefficient (Wildman–Crippen LogP) is 4.80. The monoisotopic (exact) mass is 442 g/mol. The van der Waals surface area contributed by atoms with E-state index >= 15 is 0 Å². The van der Waals surface area contributed by atoms with Crippen LogP contribution in [-0.4, -0.2) is 28.4 Å². The molecule has 0 fully saturated rings. The molecule has 0 aliphatic heterocycles. The molecule has 30 heavy (non-hydrogen) atoms. The molecule has 1 amide bonds. The fraction of sp³-hybridized carbons (Fsp3) is 0.238. The molecule has 1 N–H and O–H groups in total. The second kappa shape index (κ2) is 10.1. The van der Waals surface area contributed by atoms with E-state index < -0.39 is 5.97 Å². The molecule has 2 aromatic heterocycles. The molecule has 2 heterocycles. The van der Waals surface area contributed by atoms with Crippen molar-refractivity contribution >= 4 is 50.5 Å². The van der Waals surface area contributed by atoms with Crippen LogP contribution in [-0.2, 0) is 22.6 Å². The molecule has 7 nitrogen and oxygen atoms in total. The summed E-state index contributed by atoms with van der Waals surface area (Å²) in [5.41, 5.74) is 2.68. The lowest BCUT2D eigenvalue weighted by molar-refractivity contribution is -0.115. The number of ether oxygens (including phenoxy) is 1. The van der Waals surface area contributed by atoms with Gasteiger partial charge >= 0.3 is 5.97 Å². The van der Waals surface area contributed by atoms with E-state index in [9.17, 15) is 9.59 Å². The Morgan fingerprint density at radius 1 is 1.23 bits per heavy atom. The van der Waals surface area contributed by atoms with Crippen molar-refractivity contribution in [3.05, 3.63) is 64.6 Å². The minimum atomic E-state index is -0.521. The van der Waals surface area contributed by atoms with Gasteiger partial charge in [0.25, 0.3) is 0 Å². The standard InChI is InChI=1S/C21H22N4O3S2/c1-4-10-22-20-24-17(13-29-20)19(27)28-11-16-12-30-21(23-16)25(14(3)26)18-9-7-6-8-15(18)5-2/h4,6-9,12-13H,1,5,10-11H2,2-3H3,(H,22,24). The van der Waals surface area contributed by atoms with Gasteiger partial charge in [0.05, 0.1) is 11.4 Å². The van der Waals surface area contributed by atoms with Gasteiger partial charge < -0.3 is 10.1 Å². The molecule has 0 aliphatic carbocycles. The van der Waals surface area contributed by atoms with Crippen LogP contribution in [0.15, 0.2) is 47.7 Å². The van der Waals surface area contributed by atoms with Gasteiger partial charge in [-0.15, -0.1) is 29.3 Å². The molecule has 0 spiro atoms. The molecule has 156 valence electrons. The molecule has 0 bridgehead atoms. The number of nitrogens with one attached hydrogen (secondary N) is 1. The molecule has 0 aliphatic rings. The van der Waals surface area contributed by atoms with Crippen LogP contribution >= 0.6 is 22.7 Å². The number of para-hydroxylation sites is 1. The van der Waals surface area contributed by atoms with Crippen molar-refractivity contribution in [2.24, 2.45) is 0 Å². The maximum absolute atomic E-state index is 12.3. The second-order valence-electron chi connectivity index (χ2n) is 6.24. The number of benzene rings is 1. The van der Waals surface area contributed by atoms with E-state index in [1.807, 2.05) is 31.2 Å². The third-order valence-electron chi connectivity index (χ3n) is 4.12.